The Hall–Kier alpha value is -2.71. The van der Waals surface area contributed by atoms with Crippen molar-refractivity contribution in [3.05, 3.63) is 71.4 Å². The number of aromatic nitrogens is 2. The van der Waals surface area contributed by atoms with Gasteiger partial charge in [-0.2, -0.15) is 16.7 Å². The van der Waals surface area contributed by atoms with Crippen molar-refractivity contribution < 1.29 is 13.7 Å². The standard InChI is InChI=1S/C26H31FN4O2S/c1-19-6-2-3-8-23(19)25-29-24(33-30-25)17-31-14-4-7-21(16-31)26(32)28-13-5-15-34-18-20-9-11-22(27)12-10-20/h2-3,6,8-12,21H,4-5,7,13-18H2,1H3,(H,28,32). The molecule has 1 aliphatic rings. The maximum atomic E-state index is 13.0. The minimum absolute atomic E-state index is 0.0145. The van der Waals surface area contributed by atoms with Crippen LogP contribution in [0.3, 0.4) is 0 Å². The number of hydrogen-bond acceptors (Lipinski definition) is 6. The molecule has 8 heteroatoms. The number of amides is 1. The Labute approximate surface area is 204 Å². The van der Waals surface area contributed by atoms with Crippen molar-refractivity contribution in [1.82, 2.24) is 20.4 Å². The molecule has 0 aliphatic carbocycles. The van der Waals surface area contributed by atoms with Gasteiger partial charge in [0, 0.05) is 24.4 Å². The third-order valence-corrected chi connectivity index (χ3v) is 7.15. The van der Waals surface area contributed by atoms with E-state index in [1.807, 2.05) is 43.3 Å². The lowest BCUT2D eigenvalue weighted by Crippen LogP contribution is -2.43. The molecule has 0 radical (unpaired) electrons. The number of nitrogens with zero attached hydrogens (tertiary/aromatic N) is 3. The number of piperidine rings is 1. The van der Waals surface area contributed by atoms with Gasteiger partial charge in [0.05, 0.1) is 12.5 Å². The van der Waals surface area contributed by atoms with Gasteiger partial charge in [-0.25, -0.2) is 4.39 Å². The lowest BCUT2D eigenvalue weighted by molar-refractivity contribution is -0.126. The van der Waals surface area contributed by atoms with Crippen molar-refractivity contribution in [1.29, 1.82) is 0 Å². The van der Waals surface area contributed by atoms with Crippen LogP contribution >= 0.6 is 11.8 Å². The molecule has 0 saturated carbocycles. The summed E-state index contributed by atoms with van der Waals surface area (Å²) in [4.78, 5) is 19.5. The number of carbonyl (C=O) groups is 1. The maximum Gasteiger partial charge on any atom is 0.241 e. The van der Waals surface area contributed by atoms with Gasteiger partial charge in [0.2, 0.25) is 17.6 Å². The largest absolute Gasteiger partial charge is 0.356 e. The van der Waals surface area contributed by atoms with Gasteiger partial charge in [0.15, 0.2) is 0 Å². The highest BCUT2D eigenvalue weighted by Crippen LogP contribution is 2.22. The molecule has 1 atom stereocenters. The van der Waals surface area contributed by atoms with Crippen molar-refractivity contribution in [2.75, 3.05) is 25.4 Å². The molecule has 34 heavy (non-hydrogen) atoms. The zero-order valence-corrected chi connectivity index (χ0v) is 20.3. The normalized spacial score (nSPS) is 16.5. The molecule has 1 N–H and O–H groups in total. The van der Waals surface area contributed by atoms with Gasteiger partial charge in [-0.05, 0) is 61.7 Å². The first-order valence-electron chi connectivity index (χ1n) is 11.8. The molecule has 6 nitrogen and oxygen atoms in total. The first kappa shape index (κ1) is 24.4. The summed E-state index contributed by atoms with van der Waals surface area (Å²) in [5.41, 5.74) is 3.20. The number of aryl methyl sites for hydroxylation is 1. The van der Waals surface area contributed by atoms with Crippen molar-refractivity contribution in [2.24, 2.45) is 5.92 Å². The van der Waals surface area contributed by atoms with Crippen LogP contribution in [-0.4, -0.2) is 46.3 Å². The molecule has 1 saturated heterocycles. The molecule has 0 bridgehead atoms. The summed E-state index contributed by atoms with van der Waals surface area (Å²) in [6, 6.07) is 14.6. The summed E-state index contributed by atoms with van der Waals surface area (Å²) in [6.07, 6.45) is 2.79. The minimum Gasteiger partial charge on any atom is -0.356 e. The monoisotopic (exact) mass is 482 g/mol. The highest BCUT2D eigenvalue weighted by atomic mass is 32.2. The zero-order valence-electron chi connectivity index (χ0n) is 19.5. The summed E-state index contributed by atoms with van der Waals surface area (Å²) in [6.45, 7) is 4.89. The van der Waals surface area contributed by atoms with Crippen LogP contribution in [0, 0.1) is 18.7 Å². The quantitative estimate of drug-likeness (QED) is 0.417. The Kier molecular flexibility index (Phi) is 8.71. The van der Waals surface area contributed by atoms with Gasteiger partial charge in [-0.15, -0.1) is 0 Å². The van der Waals surface area contributed by atoms with E-state index >= 15 is 0 Å². The van der Waals surface area contributed by atoms with Crippen molar-refractivity contribution in [3.8, 4) is 11.4 Å². The Morgan fingerprint density at radius 2 is 2.06 bits per heavy atom. The summed E-state index contributed by atoms with van der Waals surface area (Å²) >= 11 is 1.80. The van der Waals surface area contributed by atoms with Gasteiger partial charge < -0.3 is 9.84 Å². The van der Waals surface area contributed by atoms with Crippen LogP contribution in [0.1, 0.15) is 36.3 Å². The van der Waals surface area contributed by atoms with Crippen LogP contribution in [0.25, 0.3) is 11.4 Å². The molecular weight excluding hydrogens is 451 g/mol. The first-order chi connectivity index (χ1) is 16.6. The number of rotatable bonds is 10. The summed E-state index contributed by atoms with van der Waals surface area (Å²) in [7, 11) is 0. The number of carbonyl (C=O) groups excluding carboxylic acids is 1. The Morgan fingerprint density at radius 3 is 2.88 bits per heavy atom. The topological polar surface area (TPSA) is 71.3 Å². The van der Waals surface area contributed by atoms with Gasteiger partial charge >= 0.3 is 0 Å². The molecule has 180 valence electrons. The van der Waals surface area contributed by atoms with Crippen molar-refractivity contribution >= 4 is 17.7 Å². The predicted molar refractivity (Wildman–Crippen MR) is 133 cm³/mol. The van der Waals surface area contributed by atoms with Crippen LogP contribution in [0.5, 0.6) is 0 Å². The number of benzene rings is 2. The molecule has 3 aromatic rings. The van der Waals surface area contributed by atoms with E-state index in [2.05, 4.69) is 20.4 Å². The molecule has 1 aromatic heterocycles. The molecule has 2 aromatic carbocycles. The number of hydrogen-bond donors (Lipinski definition) is 1. The third-order valence-electron chi connectivity index (χ3n) is 6.04. The highest BCUT2D eigenvalue weighted by molar-refractivity contribution is 7.98. The van der Waals surface area contributed by atoms with E-state index in [4.69, 9.17) is 4.52 Å². The Morgan fingerprint density at radius 1 is 1.24 bits per heavy atom. The van der Waals surface area contributed by atoms with Gasteiger partial charge in [0.1, 0.15) is 5.82 Å². The smallest absolute Gasteiger partial charge is 0.241 e. The molecule has 0 spiro atoms. The predicted octanol–water partition coefficient (Wildman–Crippen LogP) is 4.84. The summed E-state index contributed by atoms with van der Waals surface area (Å²) in [5, 5.41) is 7.24. The molecule has 1 fully saturated rings. The van der Waals surface area contributed by atoms with Crippen LogP contribution in [0.4, 0.5) is 4.39 Å². The average molecular weight is 483 g/mol. The summed E-state index contributed by atoms with van der Waals surface area (Å²) in [5.74, 6) is 2.90. The van der Waals surface area contributed by atoms with Gasteiger partial charge in [-0.1, -0.05) is 41.6 Å². The lowest BCUT2D eigenvalue weighted by atomic mass is 9.97. The van der Waals surface area contributed by atoms with E-state index in [1.165, 1.54) is 12.1 Å². The number of halogens is 1. The van der Waals surface area contributed by atoms with E-state index < -0.39 is 0 Å². The van der Waals surface area contributed by atoms with E-state index in [1.54, 1.807) is 11.8 Å². The highest BCUT2D eigenvalue weighted by Gasteiger charge is 2.26. The van der Waals surface area contributed by atoms with E-state index in [-0.39, 0.29) is 17.6 Å². The van der Waals surface area contributed by atoms with Crippen molar-refractivity contribution in [2.45, 2.75) is 38.5 Å². The second-order valence-corrected chi connectivity index (χ2v) is 9.83. The van der Waals surface area contributed by atoms with Crippen LogP contribution < -0.4 is 5.32 Å². The zero-order chi connectivity index (χ0) is 23.8. The van der Waals surface area contributed by atoms with Gasteiger partial charge in [0.25, 0.3) is 0 Å². The third kappa shape index (κ3) is 6.90. The Balaban J connectivity index is 1.17. The molecule has 1 aliphatic heterocycles. The minimum atomic E-state index is -0.207. The maximum absolute atomic E-state index is 13.0. The fraction of sp³-hybridized carbons (Fsp3) is 0.423. The first-order valence-corrected chi connectivity index (χ1v) is 12.9. The van der Waals surface area contributed by atoms with Crippen LogP contribution in [0.15, 0.2) is 53.1 Å². The fourth-order valence-corrected chi connectivity index (χ4v) is 5.08. The van der Waals surface area contributed by atoms with E-state index in [0.29, 0.717) is 31.3 Å². The Bertz CT molecular complexity index is 1070. The van der Waals surface area contributed by atoms with E-state index in [9.17, 15) is 9.18 Å². The molecule has 1 amide bonds. The number of nitrogens with one attached hydrogen (secondary N) is 1. The summed E-state index contributed by atoms with van der Waals surface area (Å²) < 4.78 is 18.4. The molecular formula is C26H31FN4O2S. The van der Waals surface area contributed by atoms with E-state index in [0.717, 1.165) is 54.0 Å². The van der Waals surface area contributed by atoms with Crippen LogP contribution in [-0.2, 0) is 17.1 Å². The molecule has 2 heterocycles. The second kappa shape index (κ2) is 12.1. The molecule has 1 unspecified atom stereocenters. The van der Waals surface area contributed by atoms with Gasteiger partial charge in [-0.3, -0.25) is 9.69 Å². The second-order valence-electron chi connectivity index (χ2n) is 8.72. The average Bonchev–Trinajstić information content (AvgIpc) is 3.31. The number of thioether (sulfide) groups is 1. The van der Waals surface area contributed by atoms with Crippen molar-refractivity contribution in [3.63, 3.8) is 0 Å². The molecule has 4 rings (SSSR count). The lowest BCUT2D eigenvalue weighted by Gasteiger charge is -2.30. The number of likely N-dealkylation sites (tertiary alicyclic amines) is 1. The fourth-order valence-electron chi connectivity index (χ4n) is 4.16. The van der Waals surface area contributed by atoms with Crippen LogP contribution in [0.2, 0.25) is 0 Å². The SMILES string of the molecule is Cc1ccccc1-c1noc(CN2CCCC(C(=O)NCCCSCc3ccc(F)cc3)C2)n1.